The van der Waals surface area contributed by atoms with E-state index in [1.807, 2.05) is 0 Å². The van der Waals surface area contributed by atoms with E-state index in [9.17, 15) is 14.4 Å². The molecule has 0 aromatic heterocycles. The fourth-order valence-electron chi connectivity index (χ4n) is 2.07. The predicted octanol–water partition coefficient (Wildman–Crippen LogP) is 1.52. The lowest BCUT2D eigenvalue weighted by molar-refractivity contribution is -0.152. The number of fused-ring (bicyclic) bond motifs is 1. The quantitative estimate of drug-likeness (QED) is 0.494. The highest BCUT2D eigenvalue weighted by Crippen LogP contribution is 2.40. The molecule has 1 atom stereocenters. The van der Waals surface area contributed by atoms with Gasteiger partial charge in [0.25, 0.3) is 0 Å². The van der Waals surface area contributed by atoms with Crippen LogP contribution < -0.4 is 10.1 Å². The predicted molar refractivity (Wildman–Crippen MR) is 67.7 cm³/mol. The molecule has 1 aromatic carbocycles. The molecule has 0 saturated heterocycles. The van der Waals surface area contributed by atoms with Crippen molar-refractivity contribution in [2.45, 2.75) is 19.3 Å². The fraction of sp³-hybridized carbons (Fsp3) is 0.308. The van der Waals surface area contributed by atoms with Gasteiger partial charge in [0.2, 0.25) is 5.91 Å². The summed E-state index contributed by atoms with van der Waals surface area (Å²) in [4.78, 5) is 34.5. The Bertz CT molecular complexity index is 597. The molecule has 2 rings (SSSR count). The van der Waals surface area contributed by atoms with Crippen LogP contribution in [-0.4, -0.2) is 29.7 Å². The lowest BCUT2D eigenvalue weighted by atomic mass is 9.84. The first kappa shape index (κ1) is 13.9. The summed E-state index contributed by atoms with van der Waals surface area (Å²) in [6.45, 7) is 3.28. The van der Waals surface area contributed by atoms with Gasteiger partial charge in [-0.25, -0.2) is 4.79 Å². The summed E-state index contributed by atoms with van der Waals surface area (Å²) in [6.07, 6.45) is -1.46. The smallest absolute Gasteiger partial charge is 0.465 e. The molecule has 0 saturated carbocycles. The minimum Gasteiger partial charge on any atom is -0.465 e. The molecule has 1 aliphatic heterocycles. The first-order valence-corrected chi connectivity index (χ1v) is 5.93. The molecule has 0 aliphatic carbocycles. The lowest BCUT2D eigenvalue weighted by Gasteiger charge is -2.19. The van der Waals surface area contributed by atoms with Crippen molar-refractivity contribution in [3.8, 4) is 5.75 Å². The summed E-state index contributed by atoms with van der Waals surface area (Å²) in [5.74, 6) is -1.11. The lowest BCUT2D eigenvalue weighted by Crippen LogP contribution is -2.40. The molecule has 0 spiro atoms. The summed E-state index contributed by atoms with van der Waals surface area (Å²) >= 11 is 0. The highest BCUT2D eigenvalue weighted by Gasteiger charge is 2.50. The Labute approximate surface area is 114 Å². The standard InChI is InChI=1S/C13H13NO6/c1-3-19-11(16)13(2)8-5-4-7(20-12(17)18)6-9(8)14-10(13)15/h4-6H,3H2,1-2H3,(H,14,15)(H,17,18). The third kappa shape index (κ3) is 2.07. The van der Waals surface area contributed by atoms with Crippen molar-refractivity contribution in [3.05, 3.63) is 23.8 Å². The SMILES string of the molecule is CCOC(=O)C1(C)C(=O)Nc2cc(OC(=O)O)ccc21. The molecule has 0 radical (unpaired) electrons. The number of nitrogens with one attached hydrogen (secondary N) is 1. The Morgan fingerprint density at radius 1 is 1.40 bits per heavy atom. The van der Waals surface area contributed by atoms with Gasteiger partial charge in [-0.1, -0.05) is 6.07 Å². The zero-order valence-corrected chi connectivity index (χ0v) is 10.9. The zero-order chi connectivity index (χ0) is 14.9. The van der Waals surface area contributed by atoms with Gasteiger partial charge in [0.1, 0.15) is 5.75 Å². The molecule has 1 unspecified atom stereocenters. The second kappa shape index (κ2) is 4.84. The van der Waals surface area contributed by atoms with E-state index in [2.05, 4.69) is 10.1 Å². The van der Waals surface area contributed by atoms with E-state index in [1.54, 1.807) is 6.92 Å². The van der Waals surface area contributed by atoms with Crippen LogP contribution in [0.25, 0.3) is 0 Å². The first-order chi connectivity index (χ1) is 9.39. The molecule has 7 nitrogen and oxygen atoms in total. The van der Waals surface area contributed by atoms with E-state index in [4.69, 9.17) is 9.84 Å². The number of esters is 1. The van der Waals surface area contributed by atoms with Crippen LogP contribution in [0.15, 0.2) is 18.2 Å². The second-order valence-electron chi connectivity index (χ2n) is 4.37. The van der Waals surface area contributed by atoms with Crippen LogP contribution in [0.1, 0.15) is 19.4 Å². The van der Waals surface area contributed by atoms with E-state index >= 15 is 0 Å². The monoisotopic (exact) mass is 279 g/mol. The van der Waals surface area contributed by atoms with Gasteiger partial charge in [-0.15, -0.1) is 0 Å². The van der Waals surface area contributed by atoms with E-state index in [0.29, 0.717) is 11.3 Å². The van der Waals surface area contributed by atoms with Gasteiger partial charge in [0.15, 0.2) is 5.41 Å². The molecule has 2 N–H and O–H groups in total. The average Bonchev–Trinajstić information content (AvgIpc) is 2.62. The summed E-state index contributed by atoms with van der Waals surface area (Å²) < 4.78 is 9.43. The van der Waals surface area contributed by atoms with Crippen LogP contribution in [-0.2, 0) is 19.7 Å². The van der Waals surface area contributed by atoms with E-state index in [-0.39, 0.29) is 12.4 Å². The fourth-order valence-corrected chi connectivity index (χ4v) is 2.07. The normalized spacial score (nSPS) is 20.0. The third-order valence-corrected chi connectivity index (χ3v) is 3.12. The van der Waals surface area contributed by atoms with Crippen molar-refractivity contribution in [3.63, 3.8) is 0 Å². The van der Waals surface area contributed by atoms with Crippen molar-refractivity contribution >= 4 is 23.7 Å². The van der Waals surface area contributed by atoms with Gasteiger partial charge < -0.3 is 19.9 Å². The number of ether oxygens (including phenoxy) is 2. The van der Waals surface area contributed by atoms with Crippen LogP contribution in [0.2, 0.25) is 0 Å². The van der Waals surface area contributed by atoms with Gasteiger partial charge in [-0.05, 0) is 19.9 Å². The molecule has 1 aliphatic rings. The second-order valence-corrected chi connectivity index (χ2v) is 4.37. The molecule has 106 valence electrons. The van der Waals surface area contributed by atoms with Crippen molar-refractivity contribution in [1.29, 1.82) is 0 Å². The molecule has 1 heterocycles. The summed E-state index contributed by atoms with van der Waals surface area (Å²) in [5, 5.41) is 11.1. The highest BCUT2D eigenvalue weighted by atomic mass is 16.7. The van der Waals surface area contributed by atoms with Crippen molar-refractivity contribution < 1.29 is 29.0 Å². The highest BCUT2D eigenvalue weighted by molar-refractivity contribution is 6.19. The molecular formula is C13H13NO6. The number of hydrogen-bond donors (Lipinski definition) is 2. The van der Waals surface area contributed by atoms with Crippen LogP contribution in [0.4, 0.5) is 10.5 Å². The van der Waals surface area contributed by atoms with Crippen LogP contribution in [0.5, 0.6) is 5.75 Å². The average molecular weight is 279 g/mol. The number of carboxylic acid groups (broad SMARTS) is 1. The van der Waals surface area contributed by atoms with Gasteiger partial charge in [-0.2, -0.15) is 0 Å². The number of hydrogen-bond acceptors (Lipinski definition) is 5. The summed E-state index contributed by atoms with van der Waals surface area (Å²) in [6, 6.07) is 4.21. The topological polar surface area (TPSA) is 102 Å². The third-order valence-electron chi connectivity index (χ3n) is 3.12. The molecule has 0 fully saturated rings. The minimum atomic E-state index is -1.46. The number of anilines is 1. The Balaban J connectivity index is 2.41. The van der Waals surface area contributed by atoms with E-state index in [1.165, 1.54) is 25.1 Å². The maximum Gasteiger partial charge on any atom is 0.511 e. The largest absolute Gasteiger partial charge is 0.511 e. The van der Waals surface area contributed by atoms with E-state index in [0.717, 1.165) is 0 Å². The van der Waals surface area contributed by atoms with Gasteiger partial charge in [0, 0.05) is 17.3 Å². The number of benzene rings is 1. The Kier molecular flexibility index (Phi) is 3.35. The zero-order valence-electron chi connectivity index (χ0n) is 10.9. The number of carbonyl (C=O) groups excluding carboxylic acids is 2. The molecule has 20 heavy (non-hydrogen) atoms. The van der Waals surface area contributed by atoms with Gasteiger partial charge in [-0.3, -0.25) is 9.59 Å². The number of rotatable bonds is 3. The van der Waals surface area contributed by atoms with Crippen LogP contribution in [0, 0.1) is 0 Å². The van der Waals surface area contributed by atoms with Gasteiger partial charge >= 0.3 is 12.1 Å². The first-order valence-electron chi connectivity index (χ1n) is 5.93. The number of amides is 1. The van der Waals surface area contributed by atoms with Crippen LogP contribution >= 0.6 is 0 Å². The van der Waals surface area contributed by atoms with Gasteiger partial charge in [0.05, 0.1) is 6.61 Å². The Morgan fingerprint density at radius 2 is 2.10 bits per heavy atom. The molecule has 0 bridgehead atoms. The van der Waals surface area contributed by atoms with Crippen molar-refractivity contribution in [2.24, 2.45) is 0 Å². The number of carbonyl (C=O) groups is 3. The van der Waals surface area contributed by atoms with E-state index < -0.39 is 23.4 Å². The van der Waals surface area contributed by atoms with Crippen LogP contribution in [0.3, 0.4) is 0 Å². The summed E-state index contributed by atoms with van der Waals surface area (Å²) in [7, 11) is 0. The maximum atomic E-state index is 12.0. The molecule has 7 heteroatoms. The van der Waals surface area contributed by atoms with Crippen molar-refractivity contribution in [2.75, 3.05) is 11.9 Å². The summed E-state index contributed by atoms with van der Waals surface area (Å²) in [5.41, 5.74) is -0.671. The minimum absolute atomic E-state index is 0.0599. The molecule has 1 amide bonds. The Morgan fingerprint density at radius 3 is 2.70 bits per heavy atom. The Hall–Kier alpha value is -2.57. The maximum absolute atomic E-state index is 12.0. The molecule has 1 aromatic rings. The van der Waals surface area contributed by atoms with Crippen molar-refractivity contribution in [1.82, 2.24) is 0 Å². The molecular weight excluding hydrogens is 266 g/mol.